The molecule has 2 atom stereocenters. The third-order valence-corrected chi connectivity index (χ3v) is 4.15. The van der Waals surface area contributed by atoms with Crippen molar-refractivity contribution in [3.63, 3.8) is 0 Å². The maximum atomic E-state index is 6.06. The molecule has 3 nitrogen and oxygen atoms in total. The summed E-state index contributed by atoms with van der Waals surface area (Å²) in [7, 11) is 0. The number of nitrogens with one attached hydrogen (secondary N) is 1. The van der Waals surface area contributed by atoms with E-state index in [2.05, 4.69) is 31.3 Å². The lowest BCUT2D eigenvalue weighted by molar-refractivity contribution is 0.107. The molecule has 1 aliphatic rings. The van der Waals surface area contributed by atoms with Crippen LogP contribution < -0.4 is 5.32 Å². The van der Waals surface area contributed by atoms with Gasteiger partial charge in [0.1, 0.15) is 11.3 Å². The van der Waals surface area contributed by atoms with Gasteiger partial charge in [-0.1, -0.05) is 25.1 Å². The summed E-state index contributed by atoms with van der Waals surface area (Å²) in [6.45, 7) is 6.17. The molecule has 0 saturated carbocycles. The Bertz CT molecular complexity index is 569. The van der Waals surface area contributed by atoms with E-state index in [-0.39, 0.29) is 6.04 Å². The van der Waals surface area contributed by atoms with Crippen molar-refractivity contribution in [2.75, 3.05) is 13.2 Å². The summed E-state index contributed by atoms with van der Waals surface area (Å²) < 4.78 is 11.7. The molecule has 3 heteroatoms. The van der Waals surface area contributed by atoms with Crippen molar-refractivity contribution < 1.29 is 9.15 Å². The van der Waals surface area contributed by atoms with E-state index in [0.29, 0.717) is 6.10 Å². The van der Waals surface area contributed by atoms with Crippen molar-refractivity contribution in [2.45, 2.75) is 45.3 Å². The third-order valence-electron chi connectivity index (χ3n) is 4.15. The first-order chi connectivity index (χ1) is 9.79. The van der Waals surface area contributed by atoms with Crippen LogP contribution in [0.5, 0.6) is 0 Å². The van der Waals surface area contributed by atoms with E-state index < -0.39 is 0 Å². The number of hydrogen-bond acceptors (Lipinski definition) is 3. The summed E-state index contributed by atoms with van der Waals surface area (Å²) in [4.78, 5) is 0. The summed E-state index contributed by atoms with van der Waals surface area (Å²) >= 11 is 0. The number of ether oxygens (including phenoxy) is 1. The Balaban J connectivity index is 1.77. The van der Waals surface area contributed by atoms with Crippen molar-refractivity contribution in [1.82, 2.24) is 5.32 Å². The highest BCUT2D eigenvalue weighted by Crippen LogP contribution is 2.30. The fourth-order valence-electron chi connectivity index (χ4n) is 3.04. The molecule has 108 valence electrons. The van der Waals surface area contributed by atoms with Crippen LogP contribution in [0.2, 0.25) is 0 Å². The van der Waals surface area contributed by atoms with Crippen LogP contribution in [-0.2, 0) is 11.2 Å². The van der Waals surface area contributed by atoms with Crippen LogP contribution in [0.3, 0.4) is 0 Å². The second-order valence-electron chi connectivity index (χ2n) is 5.56. The number of furan rings is 1. The van der Waals surface area contributed by atoms with E-state index in [1.165, 1.54) is 23.8 Å². The normalized spacial score (nSPS) is 20.6. The molecule has 1 aromatic carbocycles. The Kier molecular flexibility index (Phi) is 4.08. The van der Waals surface area contributed by atoms with Gasteiger partial charge in [-0.05, 0) is 32.3 Å². The van der Waals surface area contributed by atoms with Gasteiger partial charge in [0.15, 0.2) is 0 Å². The second kappa shape index (κ2) is 5.98. The van der Waals surface area contributed by atoms with Gasteiger partial charge in [-0.3, -0.25) is 0 Å². The summed E-state index contributed by atoms with van der Waals surface area (Å²) in [6, 6.07) is 8.52. The van der Waals surface area contributed by atoms with Gasteiger partial charge < -0.3 is 14.5 Å². The quantitative estimate of drug-likeness (QED) is 0.899. The van der Waals surface area contributed by atoms with Gasteiger partial charge in [0.2, 0.25) is 0 Å². The molecule has 20 heavy (non-hydrogen) atoms. The van der Waals surface area contributed by atoms with Crippen molar-refractivity contribution in [1.29, 1.82) is 0 Å². The fraction of sp³-hybridized carbons (Fsp3) is 0.529. The van der Waals surface area contributed by atoms with Gasteiger partial charge in [0.25, 0.3) is 0 Å². The predicted octanol–water partition coefficient (Wildman–Crippen LogP) is 3.82. The van der Waals surface area contributed by atoms with Gasteiger partial charge in [-0.25, -0.2) is 0 Å². The summed E-state index contributed by atoms with van der Waals surface area (Å²) in [5, 5.41) is 4.80. The van der Waals surface area contributed by atoms with Crippen molar-refractivity contribution in [3.8, 4) is 0 Å². The Morgan fingerprint density at radius 1 is 1.35 bits per heavy atom. The first-order valence-electron chi connectivity index (χ1n) is 7.65. The lowest BCUT2D eigenvalue weighted by Crippen LogP contribution is -2.28. The number of aryl methyl sites for hydroxylation is 1. The minimum absolute atomic E-state index is 0.224. The molecule has 2 aromatic rings. The lowest BCUT2D eigenvalue weighted by atomic mass is 10.0. The minimum Gasteiger partial charge on any atom is -0.459 e. The fourth-order valence-corrected chi connectivity index (χ4v) is 3.04. The van der Waals surface area contributed by atoms with Crippen LogP contribution in [0.4, 0.5) is 0 Å². The maximum absolute atomic E-state index is 6.06. The Hall–Kier alpha value is -1.32. The highest BCUT2D eigenvalue weighted by molar-refractivity contribution is 5.82. The van der Waals surface area contributed by atoms with E-state index in [4.69, 9.17) is 9.15 Å². The molecule has 0 bridgehead atoms. The van der Waals surface area contributed by atoms with Crippen LogP contribution in [0.1, 0.15) is 44.1 Å². The molecule has 1 saturated heterocycles. The predicted molar refractivity (Wildman–Crippen MR) is 81.0 cm³/mol. The lowest BCUT2D eigenvalue weighted by Gasteiger charge is -2.16. The molecular weight excluding hydrogens is 250 g/mol. The highest BCUT2D eigenvalue weighted by atomic mass is 16.5. The Morgan fingerprint density at radius 2 is 2.20 bits per heavy atom. The smallest absolute Gasteiger partial charge is 0.134 e. The van der Waals surface area contributed by atoms with Gasteiger partial charge >= 0.3 is 0 Å². The maximum Gasteiger partial charge on any atom is 0.134 e. The minimum atomic E-state index is 0.224. The first-order valence-corrected chi connectivity index (χ1v) is 7.65. The van der Waals surface area contributed by atoms with E-state index >= 15 is 0 Å². The molecule has 1 aromatic heterocycles. The molecular formula is C17H23NO2. The number of benzene rings is 1. The van der Waals surface area contributed by atoms with E-state index in [9.17, 15) is 0 Å². The van der Waals surface area contributed by atoms with E-state index in [0.717, 1.165) is 30.9 Å². The molecule has 2 unspecified atom stereocenters. The molecule has 0 spiro atoms. The first kappa shape index (κ1) is 13.7. The molecule has 1 fully saturated rings. The molecule has 3 rings (SSSR count). The zero-order valence-corrected chi connectivity index (χ0v) is 12.3. The SMILES string of the molecule is CCc1c(C(C)NCC2CCCO2)oc2ccccc12. The Morgan fingerprint density at radius 3 is 2.95 bits per heavy atom. The number of fused-ring (bicyclic) bond motifs is 1. The molecule has 0 radical (unpaired) electrons. The standard InChI is InChI=1S/C17H23NO2/c1-3-14-15-8-4-5-9-16(15)20-17(14)12(2)18-11-13-7-6-10-19-13/h4-5,8-9,12-13,18H,3,6-7,10-11H2,1-2H3. The third kappa shape index (κ3) is 2.60. The molecule has 0 aliphatic carbocycles. The molecule has 1 N–H and O–H groups in total. The highest BCUT2D eigenvalue weighted by Gasteiger charge is 2.20. The van der Waals surface area contributed by atoms with E-state index in [1.54, 1.807) is 0 Å². The van der Waals surface area contributed by atoms with E-state index in [1.807, 2.05) is 12.1 Å². The average Bonchev–Trinajstić information content (AvgIpc) is 3.11. The molecule has 0 amide bonds. The largest absolute Gasteiger partial charge is 0.459 e. The van der Waals surface area contributed by atoms with Gasteiger partial charge in [0.05, 0.1) is 12.1 Å². The van der Waals surface area contributed by atoms with Crippen LogP contribution >= 0.6 is 0 Å². The van der Waals surface area contributed by atoms with Crippen molar-refractivity contribution in [3.05, 3.63) is 35.6 Å². The van der Waals surface area contributed by atoms with Crippen LogP contribution in [0, 0.1) is 0 Å². The summed E-state index contributed by atoms with van der Waals surface area (Å²) in [5.74, 6) is 1.08. The topological polar surface area (TPSA) is 34.4 Å². The monoisotopic (exact) mass is 273 g/mol. The molecule has 1 aliphatic heterocycles. The van der Waals surface area contributed by atoms with Gasteiger partial charge in [-0.15, -0.1) is 0 Å². The second-order valence-corrected chi connectivity index (χ2v) is 5.56. The molecule has 2 heterocycles. The van der Waals surface area contributed by atoms with Crippen LogP contribution in [-0.4, -0.2) is 19.3 Å². The van der Waals surface area contributed by atoms with Gasteiger partial charge in [0, 0.05) is 24.1 Å². The number of para-hydroxylation sites is 1. The average molecular weight is 273 g/mol. The number of hydrogen-bond donors (Lipinski definition) is 1. The zero-order chi connectivity index (χ0) is 13.9. The summed E-state index contributed by atoms with van der Waals surface area (Å²) in [6.07, 6.45) is 3.72. The van der Waals surface area contributed by atoms with Crippen molar-refractivity contribution >= 4 is 11.0 Å². The number of rotatable bonds is 5. The van der Waals surface area contributed by atoms with Crippen molar-refractivity contribution in [2.24, 2.45) is 0 Å². The zero-order valence-electron chi connectivity index (χ0n) is 12.3. The summed E-state index contributed by atoms with van der Waals surface area (Å²) in [5.41, 5.74) is 2.32. The van der Waals surface area contributed by atoms with Gasteiger partial charge in [-0.2, -0.15) is 0 Å². The Labute approximate surface area is 120 Å². The van der Waals surface area contributed by atoms with Crippen LogP contribution in [0.15, 0.2) is 28.7 Å². The van der Waals surface area contributed by atoms with Crippen LogP contribution in [0.25, 0.3) is 11.0 Å².